The van der Waals surface area contributed by atoms with Crippen LogP contribution in [0.2, 0.25) is 0 Å². The molecule has 1 aromatic carbocycles. The second kappa shape index (κ2) is 8.82. The number of hydrogen-bond acceptors (Lipinski definition) is 5. The topological polar surface area (TPSA) is 73.9 Å². The minimum absolute atomic E-state index is 0.270. The van der Waals surface area contributed by atoms with Gasteiger partial charge in [-0.15, -0.1) is 0 Å². The van der Waals surface area contributed by atoms with E-state index in [0.717, 1.165) is 31.9 Å². The number of carbonyl (C=O) groups is 2. The minimum Gasteiger partial charge on any atom is -0.497 e. The second-order valence-electron chi connectivity index (χ2n) is 6.27. The number of nitrogens with zero attached hydrogens (tertiary/aromatic N) is 2. The number of methoxy groups -OCH3 is 1. The Bertz CT molecular complexity index is 600. The van der Waals surface area contributed by atoms with Gasteiger partial charge in [-0.05, 0) is 31.5 Å². The van der Waals surface area contributed by atoms with Crippen molar-refractivity contribution in [3.63, 3.8) is 0 Å². The molecule has 2 atom stereocenters. The minimum atomic E-state index is -0.470. The summed E-state index contributed by atoms with van der Waals surface area (Å²) >= 11 is 0. The Morgan fingerprint density at radius 3 is 2.36 bits per heavy atom. The molecule has 1 aliphatic heterocycles. The van der Waals surface area contributed by atoms with E-state index in [1.807, 2.05) is 19.1 Å². The fourth-order valence-electron chi connectivity index (χ4n) is 3.07. The van der Waals surface area contributed by atoms with Crippen molar-refractivity contribution in [2.45, 2.75) is 25.9 Å². The summed E-state index contributed by atoms with van der Waals surface area (Å²) in [7, 11) is 3.17. The molecule has 2 rings (SSSR count). The first-order valence-corrected chi connectivity index (χ1v) is 8.61. The summed E-state index contributed by atoms with van der Waals surface area (Å²) in [6, 6.07) is 7.61. The van der Waals surface area contributed by atoms with Crippen LogP contribution in [0.1, 0.15) is 25.5 Å². The van der Waals surface area contributed by atoms with Gasteiger partial charge in [0.15, 0.2) is 0 Å². The number of nitrogens with one attached hydrogen (secondary N) is 2. The first-order valence-electron chi connectivity index (χ1n) is 8.61. The quantitative estimate of drug-likeness (QED) is 0.837. The fourth-order valence-corrected chi connectivity index (χ4v) is 3.07. The number of ether oxygens (including phenoxy) is 1. The molecule has 1 aliphatic rings. The van der Waals surface area contributed by atoms with Crippen molar-refractivity contribution in [3.05, 3.63) is 29.8 Å². The molecule has 25 heavy (non-hydrogen) atoms. The third-order valence-electron chi connectivity index (χ3n) is 4.86. The maximum atomic E-state index is 12.1. The Hall–Kier alpha value is -2.12. The molecule has 0 aromatic heterocycles. The number of benzene rings is 1. The van der Waals surface area contributed by atoms with Gasteiger partial charge in [-0.1, -0.05) is 12.1 Å². The van der Waals surface area contributed by atoms with Crippen LogP contribution in [0.15, 0.2) is 24.3 Å². The van der Waals surface area contributed by atoms with Gasteiger partial charge in [0.1, 0.15) is 5.75 Å². The molecule has 0 bridgehead atoms. The Kier molecular flexibility index (Phi) is 6.78. The van der Waals surface area contributed by atoms with Gasteiger partial charge in [0, 0.05) is 39.3 Å². The van der Waals surface area contributed by atoms with Gasteiger partial charge in [0.2, 0.25) is 5.91 Å². The van der Waals surface area contributed by atoms with E-state index in [2.05, 4.69) is 39.5 Å². The van der Waals surface area contributed by atoms with Crippen LogP contribution in [-0.2, 0) is 4.79 Å². The first kappa shape index (κ1) is 19.2. The molecular weight excluding hydrogens is 320 g/mol. The monoisotopic (exact) mass is 348 g/mol. The van der Waals surface area contributed by atoms with Gasteiger partial charge >= 0.3 is 6.03 Å². The molecule has 0 spiro atoms. The van der Waals surface area contributed by atoms with Crippen LogP contribution in [0, 0.1) is 0 Å². The number of amides is 3. The summed E-state index contributed by atoms with van der Waals surface area (Å²) < 4.78 is 5.30. The summed E-state index contributed by atoms with van der Waals surface area (Å²) in [5.74, 6) is 0.594. The zero-order valence-corrected chi connectivity index (χ0v) is 15.4. The maximum absolute atomic E-state index is 12.1. The third-order valence-corrected chi connectivity index (χ3v) is 4.86. The standard InChI is InChI=1S/C18H28N4O3/c1-13(15-6-5-7-16(12-15)25-4)21-8-10-22(11-9-21)14(2)17(23)20-18(24)19-3/h5-7,12-14H,8-11H2,1-4H3,(H2,19,20,23,24)/t13-,14+/m1/s1. The summed E-state index contributed by atoms with van der Waals surface area (Å²) in [6.45, 7) is 7.34. The van der Waals surface area contributed by atoms with E-state index in [-0.39, 0.29) is 18.0 Å². The number of urea groups is 1. The third kappa shape index (κ3) is 4.93. The average molecular weight is 348 g/mol. The molecule has 0 aliphatic carbocycles. The number of hydrogen-bond donors (Lipinski definition) is 2. The van der Waals surface area contributed by atoms with Crippen LogP contribution in [0.5, 0.6) is 5.75 Å². The van der Waals surface area contributed by atoms with Crippen LogP contribution in [0.25, 0.3) is 0 Å². The molecular formula is C18H28N4O3. The SMILES string of the molecule is CNC(=O)NC(=O)[C@H](C)N1CCN([C@H](C)c2cccc(OC)c2)CC1. The number of piperazine rings is 1. The van der Waals surface area contributed by atoms with Crippen LogP contribution >= 0.6 is 0 Å². The van der Waals surface area contributed by atoms with Crippen molar-refractivity contribution < 1.29 is 14.3 Å². The van der Waals surface area contributed by atoms with E-state index in [1.165, 1.54) is 12.6 Å². The van der Waals surface area contributed by atoms with Crippen molar-refractivity contribution in [3.8, 4) is 5.75 Å². The number of rotatable bonds is 5. The van der Waals surface area contributed by atoms with Gasteiger partial charge in [0.25, 0.3) is 0 Å². The van der Waals surface area contributed by atoms with Gasteiger partial charge in [-0.2, -0.15) is 0 Å². The molecule has 1 aromatic rings. The van der Waals surface area contributed by atoms with E-state index < -0.39 is 6.03 Å². The highest BCUT2D eigenvalue weighted by molar-refractivity contribution is 5.96. The fraction of sp³-hybridized carbons (Fsp3) is 0.556. The lowest BCUT2D eigenvalue weighted by atomic mass is 10.1. The van der Waals surface area contributed by atoms with Gasteiger partial charge in [-0.25, -0.2) is 4.79 Å². The van der Waals surface area contributed by atoms with E-state index in [1.54, 1.807) is 7.11 Å². The maximum Gasteiger partial charge on any atom is 0.321 e. The smallest absolute Gasteiger partial charge is 0.321 e. The van der Waals surface area contributed by atoms with Gasteiger partial charge < -0.3 is 10.1 Å². The molecule has 0 unspecified atom stereocenters. The second-order valence-corrected chi connectivity index (χ2v) is 6.27. The van der Waals surface area contributed by atoms with Crippen molar-refractivity contribution >= 4 is 11.9 Å². The van der Waals surface area contributed by atoms with Crippen LogP contribution in [0.4, 0.5) is 4.79 Å². The highest BCUT2D eigenvalue weighted by Gasteiger charge is 2.28. The normalized spacial score (nSPS) is 18.2. The Balaban J connectivity index is 1.90. The average Bonchev–Trinajstić information content (AvgIpc) is 2.66. The van der Waals surface area contributed by atoms with Crippen molar-refractivity contribution in [2.75, 3.05) is 40.3 Å². The lowest BCUT2D eigenvalue weighted by molar-refractivity contribution is -0.125. The summed E-state index contributed by atoms with van der Waals surface area (Å²) in [5.41, 5.74) is 1.22. The highest BCUT2D eigenvalue weighted by atomic mass is 16.5. The largest absolute Gasteiger partial charge is 0.497 e. The number of imide groups is 1. The molecule has 7 nitrogen and oxygen atoms in total. The molecule has 7 heteroatoms. The Labute approximate surface area is 149 Å². The first-order chi connectivity index (χ1) is 12.0. The summed E-state index contributed by atoms with van der Waals surface area (Å²) in [5, 5.41) is 4.74. The predicted molar refractivity (Wildman–Crippen MR) is 96.6 cm³/mol. The van der Waals surface area contributed by atoms with Crippen molar-refractivity contribution in [2.24, 2.45) is 0 Å². The molecule has 0 radical (unpaired) electrons. The number of carbonyl (C=O) groups excluding carboxylic acids is 2. The summed E-state index contributed by atoms with van der Waals surface area (Å²) in [6.07, 6.45) is 0. The molecule has 0 saturated carbocycles. The van der Waals surface area contributed by atoms with E-state index in [0.29, 0.717) is 0 Å². The summed E-state index contributed by atoms with van der Waals surface area (Å²) in [4.78, 5) is 27.9. The molecule has 1 saturated heterocycles. The van der Waals surface area contributed by atoms with E-state index >= 15 is 0 Å². The zero-order valence-electron chi connectivity index (χ0n) is 15.4. The van der Waals surface area contributed by atoms with Crippen molar-refractivity contribution in [1.82, 2.24) is 20.4 Å². The molecule has 1 heterocycles. The Morgan fingerprint density at radius 2 is 1.76 bits per heavy atom. The van der Waals surface area contributed by atoms with Crippen LogP contribution in [0.3, 0.4) is 0 Å². The zero-order chi connectivity index (χ0) is 18.4. The highest BCUT2D eigenvalue weighted by Crippen LogP contribution is 2.25. The Morgan fingerprint density at radius 1 is 1.12 bits per heavy atom. The van der Waals surface area contributed by atoms with Crippen LogP contribution < -0.4 is 15.4 Å². The van der Waals surface area contributed by atoms with Crippen LogP contribution in [-0.4, -0.2) is 68.1 Å². The molecule has 138 valence electrons. The molecule has 2 N–H and O–H groups in total. The lowest BCUT2D eigenvalue weighted by Gasteiger charge is -2.40. The van der Waals surface area contributed by atoms with E-state index in [4.69, 9.17) is 4.74 Å². The van der Waals surface area contributed by atoms with Crippen molar-refractivity contribution in [1.29, 1.82) is 0 Å². The lowest BCUT2D eigenvalue weighted by Crippen LogP contribution is -2.55. The molecule has 3 amide bonds. The van der Waals surface area contributed by atoms with Gasteiger partial charge in [0.05, 0.1) is 13.2 Å². The van der Waals surface area contributed by atoms with E-state index in [9.17, 15) is 9.59 Å². The molecule has 1 fully saturated rings. The van der Waals surface area contributed by atoms with Gasteiger partial charge in [-0.3, -0.25) is 19.9 Å². The predicted octanol–water partition coefficient (Wildman–Crippen LogP) is 1.22.